The monoisotopic (exact) mass is 289 g/mol. The summed E-state index contributed by atoms with van der Waals surface area (Å²) in [5.74, 6) is -0.638. The number of nitrogens with zero attached hydrogens (tertiary/aromatic N) is 1. The molecule has 0 aliphatic carbocycles. The van der Waals surface area contributed by atoms with Crippen molar-refractivity contribution in [1.29, 1.82) is 0 Å². The molecular formula is C15H16FN3O2. The summed E-state index contributed by atoms with van der Waals surface area (Å²) in [6.45, 7) is 3.77. The fourth-order valence-electron chi connectivity index (χ4n) is 1.80. The maximum absolute atomic E-state index is 13.3. The van der Waals surface area contributed by atoms with Crippen LogP contribution in [0.3, 0.4) is 0 Å². The van der Waals surface area contributed by atoms with Crippen LogP contribution in [0.5, 0.6) is 0 Å². The van der Waals surface area contributed by atoms with E-state index in [2.05, 4.69) is 10.3 Å². The zero-order valence-corrected chi connectivity index (χ0v) is 11.8. The van der Waals surface area contributed by atoms with Gasteiger partial charge in [0.2, 0.25) is 0 Å². The summed E-state index contributed by atoms with van der Waals surface area (Å²) < 4.78 is 18.3. The van der Waals surface area contributed by atoms with Crippen LogP contribution >= 0.6 is 0 Å². The first kappa shape index (κ1) is 14.8. The molecule has 0 saturated carbocycles. The van der Waals surface area contributed by atoms with Crippen molar-refractivity contribution in [2.24, 2.45) is 0 Å². The van der Waals surface area contributed by atoms with Gasteiger partial charge in [-0.25, -0.2) is 14.2 Å². The van der Waals surface area contributed by atoms with Crippen LogP contribution in [0.4, 0.5) is 21.6 Å². The molecule has 0 aliphatic heterocycles. The molecule has 0 bridgehead atoms. The minimum Gasteiger partial charge on any atom is -0.462 e. The Hall–Kier alpha value is -2.63. The van der Waals surface area contributed by atoms with E-state index >= 15 is 0 Å². The van der Waals surface area contributed by atoms with Gasteiger partial charge in [0.05, 0.1) is 18.5 Å². The molecule has 1 aromatic heterocycles. The van der Waals surface area contributed by atoms with E-state index in [1.807, 2.05) is 6.92 Å². The van der Waals surface area contributed by atoms with Gasteiger partial charge >= 0.3 is 5.97 Å². The van der Waals surface area contributed by atoms with E-state index in [0.717, 1.165) is 5.56 Å². The number of pyridine rings is 1. The molecule has 0 amide bonds. The number of nitrogens with one attached hydrogen (secondary N) is 1. The molecule has 2 rings (SSSR count). The lowest BCUT2D eigenvalue weighted by Crippen LogP contribution is -2.10. The molecule has 0 atom stereocenters. The third-order valence-corrected chi connectivity index (χ3v) is 2.86. The Morgan fingerprint density at radius 2 is 2.19 bits per heavy atom. The number of nitrogens with two attached hydrogens (primary N) is 1. The van der Waals surface area contributed by atoms with Crippen LogP contribution in [0.15, 0.2) is 30.5 Å². The first-order valence-electron chi connectivity index (χ1n) is 6.47. The normalized spacial score (nSPS) is 10.2. The van der Waals surface area contributed by atoms with E-state index in [-0.39, 0.29) is 23.8 Å². The van der Waals surface area contributed by atoms with Crippen LogP contribution in [-0.2, 0) is 4.74 Å². The number of esters is 1. The second kappa shape index (κ2) is 6.21. The summed E-state index contributed by atoms with van der Waals surface area (Å²) in [5, 5.41) is 2.94. The van der Waals surface area contributed by atoms with Crippen molar-refractivity contribution in [1.82, 2.24) is 4.98 Å². The van der Waals surface area contributed by atoms with E-state index in [1.165, 1.54) is 24.4 Å². The highest BCUT2D eigenvalue weighted by molar-refractivity contribution is 5.96. The van der Waals surface area contributed by atoms with Crippen molar-refractivity contribution in [2.75, 3.05) is 17.7 Å². The third-order valence-electron chi connectivity index (χ3n) is 2.86. The van der Waals surface area contributed by atoms with Crippen LogP contribution in [0.25, 0.3) is 0 Å². The maximum atomic E-state index is 13.3. The lowest BCUT2D eigenvalue weighted by Gasteiger charge is -2.13. The summed E-state index contributed by atoms with van der Waals surface area (Å²) in [5.41, 5.74) is 7.56. The third kappa shape index (κ3) is 3.47. The largest absolute Gasteiger partial charge is 0.462 e. The Balaban J connectivity index is 2.39. The molecule has 0 spiro atoms. The average Bonchev–Trinajstić information content (AvgIpc) is 2.45. The lowest BCUT2D eigenvalue weighted by molar-refractivity contribution is 0.0527. The fourth-order valence-corrected chi connectivity index (χ4v) is 1.80. The highest BCUT2D eigenvalue weighted by Gasteiger charge is 2.15. The van der Waals surface area contributed by atoms with Gasteiger partial charge in [0.15, 0.2) is 0 Å². The van der Waals surface area contributed by atoms with Crippen LogP contribution < -0.4 is 11.1 Å². The van der Waals surface area contributed by atoms with E-state index < -0.39 is 5.97 Å². The second-order valence-corrected chi connectivity index (χ2v) is 4.47. The number of carbonyl (C=O) groups is 1. The number of aromatic nitrogens is 1. The van der Waals surface area contributed by atoms with Crippen LogP contribution in [-0.4, -0.2) is 17.6 Å². The van der Waals surface area contributed by atoms with Crippen molar-refractivity contribution < 1.29 is 13.9 Å². The topological polar surface area (TPSA) is 77.2 Å². The van der Waals surface area contributed by atoms with Gasteiger partial charge in [0.25, 0.3) is 0 Å². The molecule has 1 aromatic carbocycles. The standard InChI is InChI=1S/C15H16FN3O2/c1-3-21-15(20)12-7-11(17)8-18-14(12)19-13-6-10(16)5-4-9(13)2/h4-8H,3,17H2,1-2H3,(H,18,19). The van der Waals surface area contributed by atoms with Crippen molar-refractivity contribution in [2.45, 2.75) is 13.8 Å². The molecule has 21 heavy (non-hydrogen) atoms. The Morgan fingerprint density at radius 3 is 2.90 bits per heavy atom. The van der Waals surface area contributed by atoms with E-state index in [4.69, 9.17) is 10.5 Å². The molecule has 6 heteroatoms. The molecule has 5 nitrogen and oxygen atoms in total. The Bertz CT molecular complexity index is 674. The van der Waals surface area contributed by atoms with Crippen molar-refractivity contribution >= 4 is 23.2 Å². The lowest BCUT2D eigenvalue weighted by atomic mass is 10.2. The zero-order chi connectivity index (χ0) is 15.4. The number of hydrogen-bond donors (Lipinski definition) is 2. The van der Waals surface area contributed by atoms with Crippen molar-refractivity contribution in [3.8, 4) is 0 Å². The summed E-state index contributed by atoms with van der Waals surface area (Å²) in [4.78, 5) is 16.0. The molecule has 0 unspecified atom stereocenters. The number of hydrogen-bond acceptors (Lipinski definition) is 5. The van der Waals surface area contributed by atoms with E-state index in [0.29, 0.717) is 11.4 Å². The molecule has 3 N–H and O–H groups in total. The van der Waals surface area contributed by atoms with Gasteiger partial charge in [-0.3, -0.25) is 0 Å². The molecule has 0 fully saturated rings. The smallest absolute Gasteiger partial charge is 0.341 e. The van der Waals surface area contributed by atoms with Gasteiger partial charge in [-0.05, 0) is 37.6 Å². The molecular weight excluding hydrogens is 273 g/mol. The van der Waals surface area contributed by atoms with Gasteiger partial charge in [0.1, 0.15) is 17.2 Å². The molecule has 110 valence electrons. The number of aryl methyl sites for hydroxylation is 1. The van der Waals surface area contributed by atoms with Gasteiger partial charge in [-0.15, -0.1) is 0 Å². The van der Waals surface area contributed by atoms with Gasteiger partial charge < -0.3 is 15.8 Å². The van der Waals surface area contributed by atoms with Crippen LogP contribution in [0.1, 0.15) is 22.8 Å². The number of benzene rings is 1. The number of halogens is 1. The summed E-state index contributed by atoms with van der Waals surface area (Å²) in [6, 6.07) is 5.81. The second-order valence-electron chi connectivity index (χ2n) is 4.47. The minimum absolute atomic E-state index is 0.209. The van der Waals surface area contributed by atoms with Crippen LogP contribution in [0.2, 0.25) is 0 Å². The van der Waals surface area contributed by atoms with Crippen molar-refractivity contribution in [3.05, 3.63) is 47.4 Å². The fraction of sp³-hybridized carbons (Fsp3) is 0.200. The van der Waals surface area contributed by atoms with Crippen LogP contribution in [0, 0.1) is 12.7 Å². The minimum atomic E-state index is -0.533. The molecule has 1 heterocycles. The van der Waals surface area contributed by atoms with E-state index in [9.17, 15) is 9.18 Å². The molecule has 0 saturated heterocycles. The maximum Gasteiger partial charge on any atom is 0.341 e. The van der Waals surface area contributed by atoms with Gasteiger partial charge in [-0.1, -0.05) is 6.07 Å². The Labute approximate surface area is 121 Å². The first-order chi connectivity index (χ1) is 10.0. The summed E-state index contributed by atoms with van der Waals surface area (Å²) in [6.07, 6.45) is 1.42. The Morgan fingerprint density at radius 1 is 1.43 bits per heavy atom. The van der Waals surface area contributed by atoms with Gasteiger partial charge in [0, 0.05) is 5.69 Å². The number of carbonyl (C=O) groups excluding carboxylic acids is 1. The van der Waals surface area contributed by atoms with E-state index in [1.54, 1.807) is 13.0 Å². The number of nitrogen functional groups attached to an aromatic ring is 1. The molecule has 0 aliphatic rings. The predicted molar refractivity (Wildman–Crippen MR) is 79.0 cm³/mol. The van der Waals surface area contributed by atoms with Crippen molar-refractivity contribution in [3.63, 3.8) is 0 Å². The predicted octanol–water partition coefficient (Wildman–Crippen LogP) is 3.03. The number of anilines is 3. The zero-order valence-electron chi connectivity index (χ0n) is 11.8. The number of rotatable bonds is 4. The highest BCUT2D eigenvalue weighted by atomic mass is 19.1. The Kier molecular flexibility index (Phi) is 4.37. The first-order valence-corrected chi connectivity index (χ1v) is 6.47. The molecule has 0 radical (unpaired) electrons. The quantitative estimate of drug-likeness (QED) is 0.846. The summed E-state index contributed by atoms with van der Waals surface area (Å²) in [7, 11) is 0. The number of ether oxygens (including phenoxy) is 1. The highest BCUT2D eigenvalue weighted by Crippen LogP contribution is 2.24. The van der Waals surface area contributed by atoms with Gasteiger partial charge in [-0.2, -0.15) is 0 Å². The molecule has 2 aromatic rings. The SMILES string of the molecule is CCOC(=O)c1cc(N)cnc1Nc1cc(F)ccc1C. The summed E-state index contributed by atoms with van der Waals surface area (Å²) >= 11 is 0. The average molecular weight is 289 g/mol.